The van der Waals surface area contributed by atoms with E-state index in [9.17, 15) is 13.6 Å². The fraction of sp³-hybridized carbons (Fsp3) is 0.250. The summed E-state index contributed by atoms with van der Waals surface area (Å²) in [5.74, 6) is -0.825. The molecule has 0 aliphatic rings. The average molecular weight is 447 g/mol. The zero-order chi connectivity index (χ0) is 23.6. The number of nitrogens with one attached hydrogen (secondary N) is 1. The van der Waals surface area contributed by atoms with Crippen LogP contribution in [-0.4, -0.2) is 22.3 Å². The third kappa shape index (κ3) is 5.14. The Hall–Kier alpha value is -3.47. The van der Waals surface area contributed by atoms with Crippen molar-refractivity contribution in [2.24, 2.45) is 0 Å². The van der Waals surface area contributed by atoms with Gasteiger partial charge in [0.1, 0.15) is 11.6 Å². The number of benzene rings is 3. The first-order valence-corrected chi connectivity index (χ1v) is 11.1. The first-order valence-electron chi connectivity index (χ1n) is 11.1. The molecule has 1 amide bonds. The van der Waals surface area contributed by atoms with E-state index in [1.165, 1.54) is 29.8 Å². The van der Waals surface area contributed by atoms with Crippen LogP contribution in [0.25, 0.3) is 10.9 Å². The molecule has 0 bridgehead atoms. The lowest BCUT2D eigenvalue weighted by atomic mass is 9.87. The molecule has 0 spiro atoms. The van der Waals surface area contributed by atoms with Crippen LogP contribution < -0.4 is 0 Å². The van der Waals surface area contributed by atoms with E-state index in [0.29, 0.717) is 36.0 Å². The SMILES string of the molecule is CC(C)(C)c1ccc(CN(CCc2ccc(F)cc2)C(=O)c2ccc(F)c3cc[nH]c23)cc1. The number of aromatic nitrogens is 1. The second-order valence-corrected chi connectivity index (χ2v) is 9.41. The molecule has 0 aliphatic heterocycles. The second kappa shape index (κ2) is 9.18. The number of H-pyrrole nitrogens is 1. The maximum Gasteiger partial charge on any atom is 0.256 e. The average Bonchev–Trinajstić information content (AvgIpc) is 3.28. The number of aromatic amines is 1. The molecule has 5 heteroatoms. The van der Waals surface area contributed by atoms with Crippen molar-refractivity contribution in [3.63, 3.8) is 0 Å². The molecule has 0 unspecified atom stereocenters. The second-order valence-electron chi connectivity index (χ2n) is 9.41. The first-order chi connectivity index (χ1) is 15.7. The van der Waals surface area contributed by atoms with E-state index in [2.05, 4.69) is 37.9 Å². The Morgan fingerprint density at radius 3 is 2.21 bits per heavy atom. The summed E-state index contributed by atoms with van der Waals surface area (Å²) >= 11 is 0. The highest BCUT2D eigenvalue weighted by molar-refractivity contribution is 6.05. The lowest BCUT2D eigenvalue weighted by Gasteiger charge is -2.24. The number of nitrogens with zero attached hydrogens (tertiary/aromatic N) is 1. The van der Waals surface area contributed by atoms with Crippen molar-refractivity contribution in [3.8, 4) is 0 Å². The Labute approximate surface area is 193 Å². The van der Waals surface area contributed by atoms with Crippen molar-refractivity contribution in [2.45, 2.75) is 39.2 Å². The Morgan fingerprint density at radius 2 is 1.55 bits per heavy atom. The summed E-state index contributed by atoms with van der Waals surface area (Å²) in [6.07, 6.45) is 2.22. The molecular formula is C28H28F2N2O. The van der Waals surface area contributed by atoms with Gasteiger partial charge < -0.3 is 9.88 Å². The molecule has 0 atom stereocenters. The van der Waals surface area contributed by atoms with Gasteiger partial charge in [-0.3, -0.25) is 4.79 Å². The van der Waals surface area contributed by atoms with Crippen molar-refractivity contribution in [1.82, 2.24) is 9.88 Å². The zero-order valence-electron chi connectivity index (χ0n) is 19.2. The molecule has 33 heavy (non-hydrogen) atoms. The molecule has 170 valence electrons. The van der Waals surface area contributed by atoms with Gasteiger partial charge in [0.05, 0.1) is 11.1 Å². The summed E-state index contributed by atoms with van der Waals surface area (Å²) in [4.78, 5) is 18.4. The number of carbonyl (C=O) groups is 1. The number of hydrogen-bond donors (Lipinski definition) is 1. The minimum atomic E-state index is -0.363. The molecule has 1 aromatic heterocycles. The zero-order valence-corrected chi connectivity index (χ0v) is 19.2. The molecule has 1 N–H and O–H groups in total. The lowest BCUT2D eigenvalue weighted by Crippen LogP contribution is -2.32. The topological polar surface area (TPSA) is 36.1 Å². The van der Waals surface area contributed by atoms with Crippen molar-refractivity contribution in [3.05, 3.63) is 107 Å². The van der Waals surface area contributed by atoms with Crippen molar-refractivity contribution >= 4 is 16.8 Å². The van der Waals surface area contributed by atoms with Crippen LogP contribution in [0.2, 0.25) is 0 Å². The normalized spacial score (nSPS) is 11.7. The van der Waals surface area contributed by atoms with Crippen LogP contribution in [0.15, 0.2) is 72.9 Å². The summed E-state index contributed by atoms with van der Waals surface area (Å²) < 4.78 is 27.5. The summed E-state index contributed by atoms with van der Waals surface area (Å²) in [6, 6.07) is 19.1. The largest absolute Gasteiger partial charge is 0.360 e. The summed E-state index contributed by atoms with van der Waals surface area (Å²) in [5.41, 5.74) is 4.16. The van der Waals surface area contributed by atoms with Gasteiger partial charge >= 0.3 is 0 Å². The highest BCUT2D eigenvalue weighted by Gasteiger charge is 2.21. The lowest BCUT2D eigenvalue weighted by molar-refractivity contribution is 0.0747. The Bertz CT molecular complexity index is 1250. The van der Waals surface area contributed by atoms with Gasteiger partial charge in [0, 0.05) is 24.7 Å². The van der Waals surface area contributed by atoms with Gasteiger partial charge in [-0.1, -0.05) is 57.2 Å². The molecule has 0 aliphatic carbocycles. The van der Waals surface area contributed by atoms with Crippen LogP contribution in [0.5, 0.6) is 0 Å². The molecule has 4 rings (SSSR count). The molecule has 3 aromatic carbocycles. The summed E-state index contributed by atoms with van der Waals surface area (Å²) in [5, 5.41) is 0.397. The van der Waals surface area contributed by atoms with E-state index < -0.39 is 0 Å². The van der Waals surface area contributed by atoms with Crippen LogP contribution >= 0.6 is 0 Å². The highest BCUT2D eigenvalue weighted by atomic mass is 19.1. The van der Waals surface area contributed by atoms with E-state index in [-0.39, 0.29) is 23.0 Å². The van der Waals surface area contributed by atoms with E-state index in [4.69, 9.17) is 0 Å². The van der Waals surface area contributed by atoms with Gasteiger partial charge in [-0.05, 0) is 58.9 Å². The Balaban J connectivity index is 1.62. The van der Waals surface area contributed by atoms with Gasteiger partial charge in [0.15, 0.2) is 0 Å². The molecule has 0 radical (unpaired) electrons. The fourth-order valence-electron chi connectivity index (χ4n) is 3.97. The van der Waals surface area contributed by atoms with E-state index in [0.717, 1.165) is 11.1 Å². The van der Waals surface area contributed by atoms with Crippen LogP contribution in [0.3, 0.4) is 0 Å². The number of halogens is 2. The van der Waals surface area contributed by atoms with Crippen LogP contribution in [-0.2, 0) is 18.4 Å². The monoisotopic (exact) mass is 446 g/mol. The molecule has 0 saturated heterocycles. The predicted molar refractivity (Wildman–Crippen MR) is 128 cm³/mol. The molecule has 4 aromatic rings. The maximum absolute atomic E-state index is 14.2. The van der Waals surface area contributed by atoms with Crippen LogP contribution in [0.4, 0.5) is 8.78 Å². The summed E-state index contributed by atoms with van der Waals surface area (Å²) in [6.45, 7) is 7.36. The minimum absolute atomic E-state index is 0.0456. The van der Waals surface area contributed by atoms with E-state index in [1.54, 1.807) is 29.3 Å². The molecule has 1 heterocycles. The number of carbonyl (C=O) groups excluding carboxylic acids is 1. The van der Waals surface area contributed by atoms with Gasteiger partial charge in [0.25, 0.3) is 5.91 Å². The van der Waals surface area contributed by atoms with E-state index in [1.807, 2.05) is 12.1 Å². The van der Waals surface area contributed by atoms with Crippen molar-refractivity contribution in [2.75, 3.05) is 6.54 Å². The molecular weight excluding hydrogens is 418 g/mol. The van der Waals surface area contributed by atoms with Crippen LogP contribution in [0.1, 0.15) is 47.8 Å². The van der Waals surface area contributed by atoms with E-state index >= 15 is 0 Å². The van der Waals surface area contributed by atoms with Crippen molar-refractivity contribution < 1.29 is 13.6 Å². The molecule has 3 nitrogen and oxygen atoms in total. The summed E-state index contributed by atoms with van der Waals surface area (Å²) in [7, 11) is 0. The van der Waals surface area contributed by atoms with Gasteiger partial charge in [-0.2, -0.15) is 0 Å². The number of fused-ring (bicyclic) bond motifs is 1. The molecule has 0 fully saturated rings. The van der Waals surface area contributed by atoms with Gasteiger partial charge in [0.2, 0.25) is 0 Å². The Kier molecular flexibility index (Phi) is 6.32. The number of amides is 1. The predicted octanol–water partition coefficient (Wildman–Crippen LogP) is 6.63. The first kappa shape index (κ1) is 22.7. The van der Waals surface area contributed by atoms with Crippen LogP contribution in [0, 0.1) is 11.6 Å². The third-order valence-corrected chi connectivity index (χ3v) is 5.96. The Morgan fingerprint density at radius 1 is 0.879 bits per heavy atom. The number of rotatable bonds is 6. The quantitative estimate of drug-likeness (QED) is 0.355. The molecule has 0 saturated carbocycles. The standard InChI is InChI=1S/C28H28F2N2O/c1-28(2,3)21-8-4-20(5-9-21)18-32(17-15-19-6-10-22(29)11-7-19)27(33)24-12-13-25(30)23-14-16-31-26(23)24/h4-14,16,31H,15,17-18H2,1-3H3. The number of hydrogen-bond acceptors (Lipinski definition) is 1. The third-order valence-electron chi connectivity index (χ3n) is 5.96. The minimum Gasteiger partial charge on any atom is -0.360 e. The van der Waals surface area contributed by atoms with Gasteiger partial charge in [-0.15, -0.1) is 0 Å². The smallest absolute Gasteiger partial charge is 0.256 e. The van der Waals surface area contributed by atoms with Gasteiger partial charge in [-0.25, -0.2) is 8.78 Å². The maximum atomic E-state index is 14.2. The fourth-order valence-corrected chi connectivity index (χ4v) is 3.97. The van der Waals surface area contributed by atoms with Crippen molar-refractivity contribution in [1.29, 1.82) is 0 Å². The highest BCUT2D eigenvalue weighted by Crippen LogP contribution is 2.25.